The highest BCUT2D eigenvalue weighted by Gasteiger charge is 2.35. The molecule has 1 aromatic heterocycles. The molecule has 1 rings (SSSR count). The maximum atomic E-state index is 11.6. The van der Waals surface area contributed by atoms with E-state index in [0.717, 1.165) is 6.54 Å². The lowest BCUT2D eigenvalue weighted by atomic mass is 10.4. The highest BCUT2D eigenvalue weighted by Crippen LogP contribution is 2.30. The Morgan fingerprint density at radius 2 is 2.05 bits per heavy atom. The molecule has 0 aliphatic heterocycles. The number of alkyl carbamates (subject to hydrolysis) is 1. The molecule has 7 nitrogen and oxygen atoms in total. The van der Waals surface area contributed by atoms with Gasteiger partial charge in [0.25, 0.3) is 0 Å². The van der Waals surface area contributed by atoms with Crippen molar-refractivity contribution in [3.8, 4) is 0 Å². The van der Waals surface area contributed by atoms with Crippen LogP contribution in [0.2, 0.25) is 0 Å². The second kappa shape index (κ2) is 9.09. The monoisotopic (exact) mass is 355 g/mol. The number of hydrogen-bond donors (Lipinski definition) is 3. The van der Waals surface area contributed by atoms with Crippen LogP contribution >= 0.6 is 34.8 Å². The number of carbonyl (C=O) groups is 1. The normalized spacial score (nSPS) is 12.6. The van der Waals surface area contributed by atoms with Gasteiger partial charge < -0.3 is 15.4 Å². The maximum Gasteiger partial charge on any atom is 0.408 e. The molecule has 0 aromatic carbocycles. The summed E-state index contributed by atoms with van der Waals surface area (Å²) in [5.74, 6) is 0.212. The zero-order chi connectivity index (χ0) is 15.7. The van der Waals surface area contributed by atoms with Gasteiger partial charge in [0.15, 0.2) is 6.17 Å². The summed E-state index contributed by atoms with van der Waals surface area (Å²) in [6.45, 7) is 0.984. The van der Waals surface area contributed by atoms with E-state index in [-0.39, 0.29) is 12.6 Å². The van der Waals surface area contributed by atoms with Crippen LogP contribution in [0.4, 0.5) is 10.7 Å². The molecule has 0 fully saturated rings. The fourth-order valence-corrected chi connectivity index (χ4v) is 1.60. The molecule has 0 saturated heterocycles. The molecule has 21 heavy (non-hydrogen) atoms. The van der Waals surface area contributed by atoms with E-state index >= 15 is 0 Å². The molecule has 0 saturated carbocycles. The van der Waals surface area contributed by atoms with Gasteiger partial charge in [0.2, 0.25) is 9.74 Å². The molecule has 1 amide bonds. The molecule has 0 aliphatic carbocycles. The van der Waals surface area contributed by atoms with Gasteiger partial charge in [0.1, 0.15) is 0 Å². The number of nitrogens with zero attached hydrogens (tertiary/aromatic N) is 2. The first kappa shape index (κ1) is 18.0. The highest BCUT2D eigenvalue weighted by molar-refractivity contribution is 6.68. The van der Waals surface area contributed by atoms with Gasteiger partial charge in [0.05, 0.1) is 6.61 Å². The van der Waals surface area contributed by atoms with Crippen LogP contribution in [0.3, 0.4) is 0 Å². The lowest BCUT2D eigenvalue weighted by molar-refractivity contribution is 0.142. The summed E-state index contributed by atoms with van der Waals surface area (Å²) in [7, 11) is 1.81. The number of amides is 1. The van der Waals surface area contributed by atoms with E-state index < -0.39 is 16.1 Å². The average molecular weight is 357 g/mol. The van der Waals surface area contributed by atoms with Gasteiger partial charge in [-0.15, -0.1) is 0 Å². The molecule has 1 atom stereocenters. The summed E-state index contributed by atoms with van der Waals surface area (Å²) in [6, 6.07) is 1.64. The lowest BCUT2D eigenvalue weighted by Gasteiger charge is -2.25. The minimum atomic E-state index is -1.80. The van der Waals surface area contributed by atoms with Crippen molar-refractivity contribution in [1.82, 2.24) is 20.6 Å². The molecular weight excluding hydrogens is 341 g/mol. The Labute approximate surface area is 137 Å². The fourth-order valence-electron chi connectivity index (χ4n) is 1.28. The summed E-state index contributed by atoms with van der Waals surface area (Å²) in [5.41, 5.74) is 0. The van der Waals surface area contributed by atoms with Gasteiger partial charge in [-0.3, -0.25) is 5.32 Å². The van der Waals surface area contributed by atoms with Gasteiger partial charge in [0, 0.05) is 12.4 Å². The molecule has 1 unspecified atom stereocenters. The fraction of sp³-hybridized carbons (Fsp3) is 0.545. The molecule has 1 aromatic rings. The summed E-state index contributed by atoms with van der Waals surface area (Å²) < 4.78 is 3.16. The number of carbonyl (C=O) groups excluding carboxylic acids is 1. The largest absolute Gasteiger partial charge is 0.449 e. The van der Waals surface area contributed by atoms with Crippen molar-refractivity contribution in [3.05, 3.63) is 18.5 Å². The van der Waals surface area contributed by atoms with Crippen molar-refractivity contribution in [2.45, 2.75) is 16.4 Å². The third kappa shape index (κ3) is 7.52. The Morgan fingerprint density at radius 3 is 2.62 bits per heavy atom. The molecule has 0 aliphatic rings. The highest BCUT2D eigenvalue weighted by atomic mass is 35.6. The van der Waals surface area contributed by atoms with Gasteiger partial charge in [-0.25, -0.2) is 14.8 Å². The van der Waals surface area contributed by atoms with Crippen molar-refractivity contribution in [3.63, 3.8) is 0 Å². The van der Waals surface area contributed by atoms with E-state index in [1.165, 1.54) is 12.4 Å². The molecule has 0 spiro atoms. The Hall–Kier alpha value is -1.02. The quantitative estimate of drug-likeness (QED) is 0.393. The zero-order valence-electron chi connectivity index (χ0n) is 11.3. The number of aromatic nitrogens is 2. The molecule has 10 heteroatoms. The van der Waals surface area contributed by atoms with Crippen molar-refractivity contribution in [2.75, 3.05) is 25.5 Å². The first-order valence-electron chi connectivity index (χ1n) is 6.11. The smallest absolute Gasteiger partial charge is 0.408 e. The molecule has 3 N–H and O–H groups in total. The topological polar surface area (TPSA) is 88.2 Å². The Bertz CT molecular complexity index is 430. The van der Waals surface area contributed by atoms with Gasteiger partial charge >= 0.3 is 6.09 Å². The van der Waals surface area contributed by atoms with Crippen LogP contribution in [0, 0.1) is 0 Å². The van der Waals surface area contributed by atoms with Crippen molar-refractivity contribution in [1.29, 1.82) is 0 Å². The Kier molecular flexibility index (Phi) is 7.81. The van der Waals surface area contributed by atoms with E-state index in [2.05, 4.69) is 25.9 Å². The van der Waals surface area contributed by atoms with E-state index in [9.17, 15) is 4.79 Å². The average Bonchev–Trinajstić information content (AvgIpc) is 2.43. The minimum absolute atomic E-state index is 0.212. The van der Waals surface area contributed by atoms with Crippen LogP contribution in [-0.4, -0.2) is 46.2 Å². The van der Waals surface area contributed by atoms with Gasteiger partial charge in [-0.05, 0) is 26.1 Å². The van der Waals surface area contributed by atoms with Crippen LogP contribution in [0.15, 0.2) is 18.5 Å². The SMILES string of the molecule is CNCCCOC(=O)NC(Nc1ncccn1)C(Cl)(Cl)Cl. The van der Waals surface area contributed by atoms with E-state index in [1.54, 1.807) is 6.07 Å². The number of rotatable bonds is 7. The number of anilines is 1. The molecular formula is C11H16Cl3N5O2. The van der Waals surface area contributed by atoms with Crippen molar-refractivity contribution < 1.29 is 9.53 Å². The lowest BCUT2D eigenvalue weighted by Crippen LogP contribution is -2.49. The van der Waals surface area contributed by atoms with Gasteiger partial charge in [-0.1, -0.05) is 34.8 Å². The third-order valence-electron chi connectivity index (χ3n) is 2.23. The molecule has 0 bridgehead atoms. The number of halogens is 3. The predicted octanol–water partition coefficient (Wildman–Crippen LogP) is 1.92. The van der Waals surface area contributed by atoms with E-state index in [4.69, 9.17) is 39.5 Å². The van der Waals surface area contributed by atoms with Gasteiger partial charge in [-0.2, -0.15) is 0 Å². The zero-order valence-corrected chi connectivity index (χ0v) is 13.5. The second-order valence-corrected chi connectivity index (χ2v) is 6.30. The van der Waals surface area contributed by atoms with Crippen molar-refractivity contribution in [2.24, 2.45) is 0 Å². The number of nitrogens with one attached hydrogen (secondary N) is 3. The summed E-state index contributed by atoms with van der Waals surface area (Å²) in [4.78, 5) is 19.5. The predicted molar refractivity (Wildman–Crippen MR) is 82.8 cm³/mol. The minimum Gasteiger partial charge on any atom is -0.449 e. The Morgan fingerprint density at radius 1 is 1.38 bits per heavy atom. The molecule has 0 radical (unpaired) electrons. The van der Waals surface area contributed by atoms with Crippen LogP contribution in [0.25, 0.3) is 0 Å². The first-order chi connectivity index (χ1) is 9.93. The Balaban J connectivity index is 2.53. The first-order valence-corrected chi connectivity index (χ1v) is 7.25. The van der Waals surface area contributed by atoms with Crippen LogP contribution in [0.1, 0.15) is 6.42 Å². The van der Waals surface area contributed by atoms with Crippen molar-refractivity contribution >= 4 is 46.8 Å². The second-order valence-electron chi connectivity index (χ2n) is 3.93. The number of alkyl halides is 3. The van der Waals surface area contributed by atoms with E-state index in [1.807, 2.05) is 7.05 Å². The van der Waals surface area contributed by atoms with Crippen LogP contribution < -0.4 is 16.0 Å². The standard InChI is InChI=1S/C11H16Cl3N5O2/c1-15-4-3-7-21-10(20)19-8(11(12,13)14)18-9-16-5-2-6-17-9/h2,5-6,8,15H,3-4,7H2,1H3,(H,19,20)(H,16,17,18). The third-order valence-corrected chi connectivity index (χ3v) is 2.89. The maximum absolute atomic E-state index is 11.6. The summed E-state index contributed by atoms with van der Waals surface area (Å²) in [5, 5.41) is 8.06. The van der Waals surface area contributed by atoms with E-state index in [0.29, 0.717) is 6.42 Å². The molecule has 1 heterocycles. The number of hydrogen-bond acceptors (Lipinski definition) is 6. The molecule has 118 valence electrons. The summed E-state index contributed by atoms with van der Waals surface area (Å²) >= 11 is 17.4. The number of ether oxygens (including phenoxy) is 1. The summed E-state index contributed by atoms with van der Waals surface area (Å²) in [6.07, 6.45) is 1.96. The van der Waals surface area contributed by atoms with Crippen LogP contribution in [-0.2, 0) is 4.74 Å². The van der Waals surface area contributed by atoms with Crippen LogP contribution in [0.5, 0.6) is 0 Å².